The van der Waals surface area contributed by atoms with Crippen LogP contribution in [0.15, 0.2) is 83.4 Å². The number of rotatable bonds is 6. The van der Waals surface area contributed by atoms with Gasteiger partial charge in [0.1, 0.15) is 11.9 Å². The molecule has 1 fully saturated rings. The van der Waals surface area contributed by atoms with Gasteiger partial charge in [-0.05, 0) is 48.7 Å². The van der Waals surface area contributed by atoms with E-state index in [-0.39, 0.29) is 5.70 Å². The molecule has 0 aromatic heterocycles. The monoisotopic (exact) mass is 481 g/mol. The zero-order valence-electron chi connectivity index (χ0n) is 18.4. The molecular formula is C25H25ClFN5O2. The first-order valence-electron chi connectivity index (χ1n) is 11.1. The van der Waals surface area contributed by atoms with Crippen molar-refractivity contribution in [3.05, 3.63) is 88.9 Å². The summed E-state index contributed by atoms with van der Waals surface area (Å²) in [5.74, 6) is -1.14. The van der Waals surface area contributed by atoms with Crippen molar-refractivity contribution in [3.8, 4) is 0 Å². The van der Waals surface area contributed by atoms with Crippen molar-refractivity contribution >= 4 is 34.9 Å². The van der Waals surface area contributed by atoms with E-state index in [1.54, 1.807) is 60.7 Å². The normalized spacial score (nSPS) is 17.6. The van der Waals surface area contributed by atoms with Crippen LogP contribution in [-0.4, -0.2) is 35.7 Å². The molecule has 0 bridgehead atoms. The SMILES string of the molecule is O=C(Nc1ccc(Cl)cc1)NC(C(=O)NC1=CCC(=NN2CCCC2)C=C1F)c1ccccc1. The van der Waals surface area contributed by atoms with Crippen LogP contribution in [-0.2, 0) is 4.79 Å². The van der Waals surface area contributed by atoms with Crippen molar-refractivity contribution in [3.63, 3.8) is 0 Å². The van der Waals surface area contributed by atoms with E-state index in [0.29, 0.717) is 28.4 Å². The van der Waals surface area contributed by atoms with Gasteiger partial charge in [-0.3, -0.25) is 9.80 Å². The average molecular weight is 482 g/mol. The van der Waals surface area contributed by atoms with Crippen LogP contribution in [0.5, 0.6) is 0 Å². The maximum atomic E-state index is 14.7. The maximum absolute atomic E-state index is 14.7. The standard InChI is InChI=1S/C25H25ClFN5O2/c26-18-8-10-19(11-9-18)28-25(34)30-23(17-6-2-1-3-7-17)24(33)29-22-13-12-20(16-21(22)27)31-32-14-4-5-15-32/h1-3,6-11,13,16,23H,4-5,12,14-15H2,(H,29,33)(H2,28,30,34). The molecular weight excluding hydrogens is 457 g/mol. The first-order chi connectivity index (χ1) is 16.5. The second-order valence-corrected chi connectivity index (χ2v) is 8.44. The van der Waals surface area contributed by atoms with Gasteiger partial charge in [-0.15, -0.1) is 0 Å². The molecule has 176 valence electrons. The summed E-state index contributed by atoms with van der Waals surface area (Å²) in [6.45, 7) is 1.74. The lowest BCUT2D eigenvalue weighted by molar-refractivity contribution is -0.122. The molecule has 0 spiro atoms. The van der Waals surface area contributed by atoms with Crippen LogP contribution in [0.1, 0.15) is 30.9 Å². The second kappa shape index (κ2) is 11.0. The topological polar surface area (TPSA) is 85.8 Å². The number of hydrogen-bond donors (Lipinski definition) is 3. The Hall–Kier alpha value is -3.65. The zero-order chi connectivity index (χ0) is 23.9. The van der Waals surface area contributed by atoms with Crippen molar-refractivity contribution in [1.82, 2.24) is 15.6 Å². The van der Waals surface area contributed by atoms with E-state index in [1.807, 2.05) is 5.01 Å². The Balaban J connectivity index is 1.44. The molecule has 1 saturated heterocycles. The number of halogens is 2. The van der Waals surface area contributed by atoms with Crippen LogP contribution in [0.25, 0.3) is 0 Å². The molecule has 0 saturated carbocycles. The molecule has 1 atom stereocenters. The first kappa shape index (κ1) is 23.5. The molecule has 9 heteroatoms. The minimum atomic E-state index is -1.04. The number of anilines is 1. The first-order valence-corrected chi connectivity index (χ1v) is 11.4. The molecule has 1 aliphatic heterocycles. The van der Waals surface area contributed by atoms with Crippen molar-refractivity contribution in [2.75, 3.05) is 18.4 Å². The van der Waals surface area contributed by atoms with Crippen LogP contribution < -0.4 is 16.0 Å². The lowest BCUT2D eigenvalue weighted by Gasteiger charge is -2.21. The number of carbonyl (C=O) groups is 2. The molecule has 1 aliphatic carbocycles. The van der Waals surface area contributed by atoms with Crippen molar-refractivity contribution in [2.24, 2.45) is 5.10 Å². The van der Waals surface area contributed by atoms with Gasteiger partial charge in [0.05, 0.1) is 11.4 Å². The number of nitrogens with one attached hydrogen (secondary N) is 3. The minimum Gasteiger partial charge on any atom is -0.322 e. The molecule has 7 nitrogen and oxygen atoms in total. The Labute approximate surface area is 202 Å². The molecule has 2 aromatic rings. The number of urea groups is 1. The predicted molar refractivity (Wildman–Crippen MR) is 131 cm³/mol. The Bertz CT molecular complexity index is 1130. The van der Waals surface area contributed by atoms with Gasteiger partial charge < -0.3 is 16.0 Å². The second-order valence-electron chi connectivity index (χ2n) is 8.00. The summed E-state index contributed by atoms with van der Waals surface area (Å²) in [5, 5.41) is 14.9. The predicted octanol–water partition coefficient (Wildman–Crippen LogP) is 4.91. The van der Waals surface area contributed by atoms with E-state index in [4.69, 9.17) is 11.6 Å². The van der Waals surface area contributed by atoms with Gasteiger partial charge in [0.25, 0.3) is 5.91 Å². The lowest BCUT2D eigenvalue weighted by atomic mass is 10.0. The van der Waals surface area contributed by atoms with E-state index in [1.165, 1.54) is 6.08 Å². The Morgan fingerprint density at radius 3 is 2.38 bits per heavy atom. The Morgan fingerprint density at radius 2 is 1.71 bits per heavy atom. The van der Waals surface area contributed by atoms with Gasteiger partial charge in [-0.25, -0.2) is 9.18 Å². The van der Waals surface area contributed by atoms with E-state index < -0.39 is 23.8 Å². The third-order valence-corrected chi connectivity index (χ3v) is 5.70. The largest absolute Gasteiger partial charge is 0.322 e. The molecule has 1 heterocycles. The number of carbonyl (C=O) groups excluding carboxylic acids is 2. The van der Waals surface area contributed by atoms with E-state index in [0.717, 1.165) is 25.9 Å². The molecule has 1 unspecified atom stereocenters. The van der Waals surface area contributed by atoms with Gasteiger partial charge in [-0.2, -0.15) is 5.10 Å². The van der Waals surface area contributed by atoms with Crippen LogP contribution in [0.3, 0.4) is 0 Å². The van der Waals surface area contributed by atoms with E-state index in [9.17, 15) is 14.0 Å². The number of amides is 3. The maximum Gasteiger partial charge on any atom is 0.320 e. The molecule has 3 amide bonds. The molecule has 3 N–H and O–H groups in total. The van der Waals surface area contributed by atoms with E-state index in [2.05, 4.69) is 21.1 Å². The Kier molecular flexibility index (Phi) is 7.59. The van der Waals surface area contributed by atoms with Crippen LogP contribution >= 0.6 is 11.6 Å². The van der Waals surface area contributed by atoms with Crippen molar-refractivity contribution < 1.29 is 14.0 Å². The van der Waals surface area contributed by atoms with Gasteiger partial charge in [0, 0.05) is 30.2 Å². The number of nitrogens with zero attached hydrogens (tertiary/aromatic N) is 2. The van der Waals surface area contributed by atoms with Gasteiger partial charge in [-0.1, -0.05) is 48.0 Å². The molecule has 2 aromatic carbocycles. The number of hydrogen-bond acceptors (Lipinski definition) is 4. The number of hydrazone groups is 1. The summed E-state index contributed by atoms with van der Waals surface area (Å²) in [6, 6.07) is 13.7. The highest BCUT2D eigenvalue weighted by Crippen LogP contribution is 2.21. The summed E-state index contributed by atoms with van der Waals surface area (Å²) in [5.41, 5.74) is 1.75. The Morgan fingerprint density at radius 1 is 1.00 bits per heavy atom. The summed E-state index contributed by atoms with van der Waals surface area (Å²) < 4.78 is 14.7. The van der Waals surface area contributed by atoms with Crippen LogP contribution in [0, 0.1) is 0 Å². The number of benzene rings is 2. The fourth-order valence-corrected chi connectivity index (χ4v) is 3.86. The van der Waals surface area contributed by atoms with Crippen LogP contribution in [0.2, 0.25) is 5.02 Å². The smallest absolute Gasteiger partial charge is 0.320 e. The van der Waals surface area contributed by atoms with E-state index >= 15 is 0 Å². The molecule has 4 rings (SSSR count). The van der Waals surface area contributed by atoms with Crippen molar-refractivity contribution in [2.45, 2.75) is 25.3 Å². The van der Waals surface area contributed by atoms with Gasteiger partial charge >= 0.3 is 6.03 Å². The molecule has 34 heavy (non-hydrogen) atoms. The summed E-state index contributed by atoms with van der Waals surface area (Å²) in [6.07, 6.45) is 5.50. The lowest BCUT2D eigenvalue weighted by Crippen LogP contribution is -2.42. The van der Waals surface area contributed by atoms with Gasteiger partial charge in [0.2, 0.25) is 0 Å². The zero-order valence-corrected chi connectivity index (χ0v) is 19.2. The molecule has 2 aliphatic rings. The average Bonchev–Trinajstić information content (AvgIpc) is 3.34. The summed E-state index contributed by atoms with van der Waals surface area (Å²) >= 11 is 5.88. The molecule has 0 radical (unpaired) electrons. The third kappa shape index (κ3) is 6.23. The summed E-state index contributed by atoms with van der Waals surface area (Å²) in [4.78, 5) is 25.7. The summed E-state index contributed by atoms with van der Waals surface area (Å²) in [7, 11) is 0. The number of allylic oxidation sites excluding steroid dienone is 3. The fourth-order valence-electron chi connectivity index (χ4n) is 3.73. The highest BCUT2D eigenvalue weighted by atomic mass is 35.5. The van der Waals surface area contributed by atoms with Gasteiger partial charge in [0.15, 0.2) is 0 Å². The fraction of sp³-hybridized carbons (Fsp3) is 0.240. The third-order valence-electron chi connectivity index (χ3n) is 5.45. The van der Waals surface area contributed by atoms with Crippen LogP contribution in [0.4, 0.5) is 14.9 Å². The quantitative estimate of drug-likeness (QED) is 0.548. The highest BCUT2D eigenvalue weighted by molar-refractivity contribution is 6.30. The highest BCUT2D eigenvalue weighted by Gasteiger charge is 2.25. The van der Waals surface area contributed by atoms with Crippen molar-refractivity contribution in [1.29, 1.82) is 0 Å². The minimum absolute atomic E-state index is 0.0613.